The average molecular weight is 547 g/mol. The first-order valence-electron chi connectivity index (χ1n) is 13.3. The summed E-state index contributed by atoms with van der Waals surface area (Å²) in [5.41, 5.74) is 6.04. The maximum Gasteiger partial charge on any atom is 0.282 e. The molecule has 0 radical (unpaired) electrons. The van der Waals surface area contributed by atoms with Crippen molar-refractivity contribution < 1.29 is 23.1 Å². The Kier molecular flexibility index (Phi) is 7.56. The number of aromatic nitrogens is 1. The lowest BCUT2D eigenvalue weighted by Gasteiger charge is -2.38. The predicted octanol–water partition coefficient (Wildman–Crippen LogP) is 4.60. The third kappa shape index (κ3) is 5.83. The quantitative estimate of drug-likeness (QED) is 0.418. The number of hydrogen-bond acceptors (Lipinski definition) is 5. The number of aryl methyl sites for hydroxylation is 1. The first-order valence-corrected chi connectivity index (χ1v) is 13.3. The van der Waals surface area contributed by atoms with E-state index in [1.54, 1.807) is 24.4 Å². The number of alkyl halides is 2. The summed E-state index contributed by atoms with van der Waals surface area (Å²) in [4.78, 5) is 32.5. The van der Waals surface area contributed by atoms with Crippen molar-refractivity contribution in [3.63, 3.8) is 0 Å². The lowest BCUT2D eigenvalue weighted by molar-refractivity contribution is -0.116. The van der Waals surface area contributed by atoms with Gasteiger partial charge in [-0.3, -0.25) is 14.6 Å². The van der Waals surface area contributed by atoms with Crippen LogP contribution in [0.1, 0.15) is 34.1 Å². The van der Waals surface area contributed by atoms with Gasteiger partial charge in [-0.25, -0.2) is 8.78 Å². The van der Waals surface area contributed by atoms with Crippen molar-refractivity contribution in [1.82, 2.24) is 15.2 Å². The molecule has 0 saturated carbocycles. The number of benzene rings is 2. The molecule has 3 aromatic rings. The zero-order valence-corrected chi connectivity index (χ0v) is 22.8. The van der Waals surface area contributed by atoms with Gasteiger partial charge < -0.3 is 19.9 Å². The number of nitrogens with one attached hydrogen (secondary N) is 1. The summed E-state index contributed by atoms with van der Waals surface area (Å²) in [6, 6.07) is 14.9. The van der Waals surface area contributed by atoms with Gasteiger partial charge in [-0.05, 0) is 53.5 Å². The Hall–Kier alpha value is -4.27. The number of carbonyl (C=O) groups is 2. The van der Waals surface area contributed by atoms with E-state index in [1.807, 2.05) is 62.3 Å². The van der Waals surface area contributed by atoms with Gasteiger partial charge in [-0.2, -0.15) is 0 Å². The minimum atomic E-state index is -2.80. The standard InChI is InChI=1S/C31H32F2N4O3/c1-4-23-11-5-20(16-34-23)6-14-28(38)35-17-24-15-26-25(12-13-27(36(2)3)29(26)40-24)21-7-9-22(10-8-21)30(39)37-18-31(32,33)19-37/h5-14,16,24H,4,15,17-19H2,1-3H3,(H,35,38)/b14-6+. The molecule has 9 heteroatoms. The van der Waals surface area contributed by atoms with E-state index < -0.39 is 24.9 Å². The first-order chi connectivity index (χ1) is 19.1. The van der Waals surface area contributed by atoms with Crippen LogP contribution < -0.4 is 15.0 Å². The number of halogens is 2. The lowest BCUT2D eigenvalue weighted by atomic mass is 9.94. The van der Waals surface area contributed by atoms with Crippen LogP contribution in [0.2, 0.25) is 0 Å². The number of carbonyl (C=O) groups excluding carboxylic acids is 2. The number of rotatable bonds is 8. The van der Waals surface area contributed by atoms with Gasteiger partial charge in [0.05, 0.1) is 25.3 Å². The highest BCUT2D eigenvalue weighted by molar-refractivity contribution is 5.95. The summed E-state index contributed by atoms with van der Waals surface area (Å²) in [5, 5.41) is 2.93. The Morgan fingerprint density at radius 3 is 2.50 bits per heavy atom. The maximum absolute atomic E-state index is 13.2. The van der Waals surface area contributed by atoms with Crippen LogP contribution in [0.15, 0.2) is 60.8 Å². The van der Waals surface area contributed by atoms with Crippen LogP contribution in [0, 0.1) is 0 Å². The second-order valence-electron chi connectivity index (χ2n) is 10.4. The zero-order chi connectivity index (χ0) is 28.4. The van der Waals surface area contributed by atoms with Crippen molar-refractivity contribution in [1.29, 1.82) is 0 Å². The van der Waals surface area contributed by atoms with E-state index in [0.717, 1.165) is 50.7 Å². The summed E-state index contributed by atoms with van der Waals surface area (Å²) in [5.74, 6) is -2.64. The first kappa shape index (κ1) is 27.3. The fourth-order valence-corrected chi connectivity index (χ4v) is 4.94. The average Bonchev–Trinajstić information content (AvgIpc) is 3.37. The molecule has 0 spiro atoms. The van der Waals surface area contributed by atoms with E-state index in [-0.39, 0.29) is 12.0 Å². The summed E-state index contributed by atoms with van der Waals surface area (Å²) >= 11 is 0. The number of ether oxygens (including phenoxy) is 1. The van der Waals surface area contributed by atoms with E-state index in [1.165, 1.54) is 6.08 Å². The highest BCUT2D eigenvalue weighted by Crippen LogP contribution is 2.43. The van der Waals surface area contributed by atoms with Crippen LogP contribution in [0.3, 0.4) is 0 Å². The van der Waals surface area contributed by atoms with Crippen molar-refractivity contribution in [2.45, 2.75) is 31.8 Å². The van der Waals surface area contributed by atoms with Gasteiger partial charge in [-0.1, -0.05) is 31.2 Å². The summed E-state index contributed by atoms with van der Waals surface area (Å²) in [6.45, 7) is 1.30. The molecule has 0 bridgehead atoms. The SMILES string of the molecule is CCc1ccc(/C=C/C(=O)NCC2Cc3c(-c4ccc(C(=O)N5CC(F)(F)C5)cc4)ccc(N(C)C)c3O2)cn1. The molecule has 1 N–H and O–H groups in total. The number of pyridine rings is 1. The third-order valence-corrected chi connectivity index (χ3v) is 7.15. The molecular formula is C31H32F2N4O3. The lowest BCUT2D eigenvalue weighted by Crippen LogP contribution is -2.58. The van der Waals surface area contributed by atoms with Crippen LogP contribution >= 0.6 is 0 Å². The van der Waals surface area contributed by atoms with E-state index >= 15 is 0 Å². The molecule has 3 heterocycles. The predicted molar refractivity (Wildman–Crippen MR) is 151 cm³/mol. The molecule has 0 aliphatic carbocycles. The van der Waals surface area contributed by atoms with Crippen LogP contribution in [0.25, 0.3) is 17.2 Å². The molecule has 5 rings (SSSR count). The highest BCUT2D eigenvalue weighted by Gasteiger charge is 2.46. The smallest absolute Gasteiger partial charge is 0.282 e. The van der Waals surface area contributed by atoms with Gasteiger partial charge in [0, 0.05) is 49.6 Å². The second-order valence-corrected chi connectivity index (χ2v) is 10.4. The molecule has 1 fully saturated rings. The number of hydrogen-bond donors (Lipinski definition) is 1. The van der Waals surface area contributed by atoms with Crippen molar-refractivity contribution in [2.75, 3.05) is 38.6 Å². The molecule has 2 aliphatic heterocycles. The van der Waals surface area contributed by atoms with Gasteiger partial charge in [-0.15, -0.1) is 0 Å². The van der Waals surface area contributed by atoms with Gasteiger partial charge in [0.15, 0.2) is 0 Å². The number of nitrogens with zero attached hydrogens (tertiary/aromatic N) is 3. The number of fused-ring (bicyclic) bond motifs is 1. The topological polar surface area (TPSA) is 74.8 Å². The van der Waals surface area contributed by atoms with Gasteiger partial charge >= 0.3 is 0 Å². The Labute approximate surface area is 232 Å². The number of amides is 2. The molecule has 1 saturated heterocycles. The second kappa shape index (κ2) is 11.1. The Bertz CT molecular complexity index is 1430. The molecule has 2 aliphatic rings. The van der Waals surface area contributed by atoms with Crippen LogP contribution in [0.4, 0.5) is 14.5 Å². The van der Waals surface area contributed by atoms with Crippen molar-refractivity contribution in [2.24, 2.45) is 0 Å². The monoisotopic (exact) mass is 546 g/mol. The fourth-order valence-electron chi connectivity index (χ4n) is 4.94. The molecule has 40 heavy (non-hydrogen) atoms. The number of anilines is 1. The van der Waals surface area contributed by atoms with Gasteiger partial charge in [0.2, 0.25) is 5.91 Å². The number of likely N-dealkylation sites (tertiary alicyclic amines) is 1. The Morgan fingerprint density at radius 1 is 1.12 bits per heavy atom. The van der Waals surface area contributed by atoms with E-state index in [4.69, 9.17) is 4.74 Å². The molecule has 2 amide bonds. The van der Waals surface area contributed by atoms with Gasteiger partial charge in [0.1, 0.15) is 11.9 Å². The highest BCUT2D eigenvalue weighted by atomic mass is 19.3. The molecule has 1 unspecified atom stereocenters. The largest absolute Gasteiger partial charge is 0.486 e. The maximum atomic E-state index is 13.2. The third-order valence-electron chi connectivity index (χ3n) is 7.15. The van der Waals surface area contributed by atoms with Crippen molar-refractivity contribution in [3.05, 3.63) is 83.2 Å². The van der Waals surface area contributed by atoms with Crippen LogP contribution in [-0.2, 0) is 17.6 Å². The molecule has 1 atom stereocenters. The minimum Gasteiger partial charge on any atom is -0.486 e. The van der Waals surface area contributed by atoms with Crippen LogP contribution in [0.5, 0.6) is 5.75 Å². The van der Waals surface area contributed by atoms with E-state index in [9.17, 15) is 18.4 Å². The van der Waals surface area contributed by atoms with Crippen molar-refractivity contribution >= 4 is 23.6 Å². The molecule has 208 valence electrons. The normalized spacial score (nSPS) is 17.2. The fraction of sp³-hybridized carbons (Fsp3) is 0.323. The molecule has 1 aromatic heterocycles. The molecular weight excluding hydrogens is 514 g/mol. The summed E-state index contributed by atoms with van der Waals surface area (Å²) in [7, 11) is 3.89. The van der Waals surface area contributed by atoms with Gasteiger partial charge in [0.25, 0.3) is 11.8 Å². The Morgan fingerprint density at radius 2 is 1.88 bits per heavy atom. The molecule has 2 aromatic carbocycles. The summed E-state index contributed by atoms with van der Waals surface area (Å²) < 4.78 is 32.7. The van der Waals surface area contributed by atoms with E-state index in [0.29, 0.717) is 18.5 Å². The Balaban J connectivity index is 1.26. The van der Waals surface area contributed by atoms with Crippen LogP contribution in [-0.4, -0.2) is 67.5 Å². The van der Waals surface area contributed by atoms with E-state index in [2.05, 4.69) is 10.3 Å². The van der Waals surface area contributed by atoms with Crippen molar-refractivity contribution in [3.8, 4) is 16.9 Å². The summed E-state index contributed by atoms with van der Waals surface area (Å²) in [6.07, 6.45) is 6.19. The molecule has 7 nitrogen and oxygen atoms in total. The zero-order valence-electron chi connectivity index (χ0n) is 22.8. The minimum absolute atomic E-state index is 0.215.